The van der Waals surface area contributed by atoms with Crippen LogP contribution in [-0.4, -0.2) is 16.3 Å². The molecule has 1 aromatic rings. The minimum Gasteiger partial charge on any atom is -0.330 e. The predicted octanol–water partition coefficient (Wildman–Crippen LogP) is 2.77. The Morgan fingerprint density at radius 3 is 2.53 bits per heavy atom. The summed E-state index contributed by atoms with van der Waals surface area (Å²) >= 11 is 0. The number of aryl methyl sites for hydroxylation is 2. The first-order valence-electron chi connectivity index (χ1n) is 6.84. The fraction of sp³-hybridized carbons (Fsp3) is 0.786. The lowest BCUT2D eigenvalue weighted by Gasteiger charge is -2.27. The summed E-state index contributed by atoms with van der Waals surface area (Å²) in [5.41, 5.74) is 8.69. The minimum absolute atomic E-state index is 0.215. The van der Waals surface area contributed by atoms with Crippen LogP contribution in [-0.2, 0) is 19.4 Å². The summed E-state index contributed by atoms with van der Waals surface area (Å²) in [4.78, 5) is 0. The van der Waals surface area contributed by atoms with Gasteiger partial charge in [0.25, 0.3) is 0 Å². The molecule has 3 heteroatoms. The van der Waals surface area contributed by atoms with Crippen molar-refractivity contribution in [3.8, 4) is 0 Å². The van der Waals surface area contributed by atoms with E-state index >= 15 is 0 Å². The van der Waals surface area contributed by atoms with Gasteiger partial charge < -0.3 is 5.73 Å². The number of aromatic nitrogens is 2. The van der Waals surface area contributed by atoms with Crippen molar-refractivity contribution in [2.24, 2.45) is 11.1 Å². The van der Waals surface area contributed by atoms with Crippen molar-refractivity contribution >= 4 is 0 Å². The van der Waals surface area contributed by atoms with Gasteiger partial charge in [-0.1, -0.05) is 27.2 Å². The van der Waals surface area contributed by atoms with Gasteiger partial charge in [-0.2, -0.15) is 5.10 Å². The molecular formula is C14H27N3. The van der Waals surface area contributed by atoms with Crippen LogP contribution in [0.4, 0.5) is 0 Å². The van der Waals surface area contributed by atoms with E-state index in [4.69, 9.17) is 5.73 Å². The second-order valence-corrected chi connectivity index (χ2v) is 5.24. The number of hydrogen-bond acceptors (Lipinski definition) is 2. The Morgan fingerprint density at radius 1 is 1.35 bits per heavy atom. The Bertz CT molecular complexity index is 343. The molecule has 17 heavy (non-hydrogen) atoms. The molecule has 3 nitrogen and oxygen atoms in total. The van der Waals surface area contributed by atoms with E-state index in [9.17, 15) is 0 Å². The molecule has 2 N–H and O–H groups in total. The molecule has 0 amide bonds. The molecule has 1 unspecified atom stereocenters. The molecule has 0 aromatic carbocycles. The van der Waals surface area contributed by atoms with E-state index in [0.29, 0.717) is 0 Å². The third kappa shape index (κ3) is 3.56. The van der Waals surface area contributed by atoms with Crippen LogP contribution in [0.5, 0.6) is 0 Å². The van der Waals surface area contributed by atoms with Gasteiger partial charge in [0.1, 0.15) is 0 Å². The molecule has 0 radical (unpaired) electrons. The molecule has 0 aliphatic heterocycles. The van der Waals surface area contributed by atoms with E-state index in [1.54, 1.807) is 0 Å². The molecule has 0 fully saturated rings. The second kappa shape index (κ2) is 6.20. The summed E-state index contributed by atoms with van der Waals surface area (Å²) in [7, 11) is 0. The topological polar surface area (TPSA) is 43.8 Å². The van der Waals surface area contributed by atoms with Crippen molar-refractivity contribution in [1.82, 2.24) is 9.78 Å². The van der Waals surface area contributed by atoms with Gasteiger partial charge in [0.15, 0.2) is 0 Å². The van der Waals surface area contributed by atoms with Crippen LogP contribution in [0.1, 0.15) is 51.9 Å². The zero-order chi connectivity index (χ0) is 12.9. The van der Waals surface area contributed by atoms with E-state index < -0.39 is 0 Å². The average molecular weight is 237 g/mol. The standard InChI is InChI=1S/C14H27N3/c1-5-8-14(4,11-15)10-13-9-12(6-2)16-17(13)7-3/h9H,5-8,10-11,15H2,1-4H3. The summed E-state index contributed by atoms with van der Waals surface area (Å²) in [6.45, 7) is 10.5. The molecule has 1 atom stereocenters. The lowest BCUT2D eigenvalue weighted by Crippen LogP contribution is -2.30. The molecule has 0 aliphatic rings. The Labute approximate surface area is 105 Å². The van der Waals surface area contributed by atoms with Gasteiger partial charge in [-0.05, 0) is 44.2 Å². The Balaban J connectivity index is 2.88. The number of rotatable bonds is 7. The molecule has 98 valence electrons. The maximum Gasteiger partial charge on any atom is 0.0624 e. The third-order valence-corrected chi connectivity index (χ3v) is 3.53. The first kappa shape index (κ1) is 14.2. The Morgan fingerprint density at radius 2 is 2.06 bits per heavy atom. The quantitative estimate of drug-likeness (QED) is 0.792. The van der Waals surface area contributed by atoms with Crippen LogP contribution in [0.25, 0.3) is 0 Å². The fourth-order valence-corrected chi connectivity index (χ4v) is 2.41. The lowest BCUT2D eigenvalue weighted by molar-refractivity contribution is 0.294. The van der Waals surface area contributed by atoms with E-state index in [1.165, 1.54) is 24.2 Å². The van der Waals surface area contributed by atoms with Crippen molar-refractivity contribution in [3.63, 3.8) is 0 Å². The van der Waals surface area contributed by atoms with E-state index in [2.05, 4.69) is 43.5 Å². The predicted molar refractivity (Wildman–Crippen MR) is 73.1 cm³/mol. The highest BCUT2D eigenvalue weighted by Gasteiger charge is 2.24. The SMILES string of the molecule is CCCC(C)(CN)Cc1cc(CC)nn1CC. The van der Waals surface area contributed by atoms with E-state index in [0.717, 1.165) is 25.9 Å². The highest BCUT2D eigenvalue weighted by molar-refractivity contribution is 5.12. The Hall–Kier alpha value is -0.830. The lowest BCUT2D eigenvalue weighted by atomic mass is 9.81. The van der Waals surface area contributed by atoms with Gasteiger partial charge in [-0.15, -0.1) is 0 Å². The van der Waals surface area contributed by atoms with Crippen LogP contribution in [0.15, 0.2) is 6.07 Å². The minimum atomic E-state index is 0.215. The van der Waals surface area contributed by atoms with Gasteiger partial charge >= 0.3 is 0 Å². The zero-order valence-electron chi connectivity index (χ0n) is 11.8. The van der Waals surface area contributed by atoms with Crippen molar-refractivity contribution in [2.45, 2.75) is 59.9 Å². The maximum atomic E-state index is 5.94. The normalized spacial score (nSPS) is 14.9. The van der Waals surface area contributed by atoms with Crippen molar-refractivity contribution in [3.05, 3.63) is 17.5 Å². The summed E-state index contributed by atoms with van der Waals surface area (Å²) in [6, 6.07) is 2.24. The molecule has 1 heterocycles. The van der Waals surface area contributed by atoms with Gasteiger partial charge in [0.05, 0.1) is 5.69 Å². The van der Waals surface area contributed by atoms with Crippen LogP contribution < -0.4 is 5.73 Å². The molecule has 0 spiro atoms. The first-order valence-corrected chi connectivity index (χ1v) is 6.84. The number of nitrogens with zero attached hydrogens (tertiary/aromatic N) is 2. The summed E-state index contributed by atoms with van der Waals surface area (Å²) in [5.74, 6) is 0. The van der Waals surface area contributed by atoms with Crippen LogP contribution in [0.2, 0.25) is 0 Å². The van der Waals surface area contributed by atoms with E-state index in [-0.39, 0.29) is 5.41 Å². The molecule has 1 aromatic heterocycles. The van der Waals surface area contributed by atoms with Gasteiger partial charge in [0, 0.05) is 12.2 Å². The fourth-order valence-electron chi connectivity index (χ4n) is 2.41. The average Bonchev–Trinajstić information content (AvgIpc) is 2.71. The van der Waals surface area contributed by atoms with Crippen LogP contribution in [0, 0.1) is 5.41 Å². The molecule has 0 saturated carbocycles. The first-order chi connectivity index (χ1) is 8.08. The highest BCUT2D eigenvalue weighted by Crippen LogP contribution is 2.27. The maximum absolute atomic E-state index is 5.94. The second-order valence-electron chi connectivity index (χ2n) is 5.24. The third-order valence-electron chi connectivity index (χ3n) is 3.53. The molecule has 0 bridgehead atoms. The van der Waals surface area contributed by atoms with Crippen molar-refractivity contribution in [2.75, 3.05) is 6.54 Å². The monoisotopic (exact) mass is 237 g/mol. The van der Waals surface area contributed by atoms with Crippen LogP contribution >= 0.6 is 0 Å². The molecule has 0 saturated heterocycles. The van der Waals surface area contributed by atoms with Crippen LogP contribution in [0.3, 0.4) is 0 Å². The summed E-state index contributed by atoms with van der Waals surface area (Å²) in [6.07, 6.45) is 4.42. The van der Waals surface area contributed by atoms with E-state index in [1.807, 2.05) is 0 Å². The molecule has 1 rings (SSSR count). The van der Waals surface area contributed by atoms with Gasteiger partial charge in [-0.25, -0.2) is 0 Å². The Kier molecular flexibility index (Phi) is 5.19. The number of hydrogen-bond donors (Lipinski definition) is 1. The van der Waals surface area contributed by atoms with Gasteiger partial charge in [-0.3, -0.25) is 4.68 Å². The highest BCUT2D eigenvalue weighted by atomic mass is 15.3. The molecular weight excluding hydrogens is 210 g/mol. The molecule has 0 aliphatic carbocycles. The van der Waals surface area contributed by atoms with Gasteiger partial charge in [0.2, 0.25) is 0 Å². The largest absolute Gasteiger partial charge is 0.330 e. The van der Waals surface area contributed by atoms with Crippen molar-refractivity contribution < 1.29 is 0 Å². The zero-order valence-corrected chi connectivity index (χ0v) is 11.8. The number of nitrogens with two attached hydrogens (primary N) is 1. The summed E-state index contributed by atoms with van der Waals surface area (Å²) in [5, 5.41) is 4.60. The summed E-state index contributed by atoms with van der Waals surface area (Å²) < 4.78 is 2.13. The van der Waals surface area contributed by atoms with Crippen molar-refractivity contribution in [1.29, 1.82) is 0 Å². The smallest absolute Gasteiger partial charge is 0.0624 e.